The standard InChI is InChI=1S/C46H50FN5O4/c1-2-40(30-5-11-38(53)12-6-30)45(32-7-13-39(54)14-8-32)31-3-9-35(10-4-31)49-19-17-29(18-20-49)24-52-36-23-37(52)28-51(27-36)43-22-34-26-50(25-33(34)21-41(43)47)42-15-16-44(55)48-46(42)56/h3-14,21-22,29,36-37,42,53-54H,2,15-20,23-28H2,1H3,(H,48,55,56). The van der Waals surface area contributed by atoms with E-state index in [0.717, 1.165) is 85.4 Å². The lowest BCUT2D eigenvalue weighted by Crippen LogP contribution is -2.69. The van der Waals surface area contributed by atoms with Crippen molar-refractivity contribution in [1.29, 1.82) is 0 Å². The van der Waals surface area contributed by atoms with Gasteiger partial charge in [-0.15, -0.1) is 0 Å². The van der Waals surface area contributed by atoms with Crippen molar-refractivity contribution in [1.82, 2.24) is 15.1 Å². The average molecular weight is 756 g/mol. The maximum atomic E-state index is 15.6. The van der Waals surface area contributed by atoms with Gasteiger partial charge in [-0.05, 0) is 126 Å². The van der Waals surface area contributed by atoms with Crippen LogP contribution in [0.3, 0.4) is 0 Å². The monoisotopic (exact) mass is 755 g/mol. The molecule has 0 aromatic heterocycles. The van der Waals surface area contributed by atoms with Crippen LogP contribution in [0.4, 0.5) is 15.8 Å². The van der Waals surface area contributed by atoms with E-state index in [4.69, 9.17) is 0 Å². The minimum Gasteiger partial charge on any atom is -0.508 e. The number of hydrogen-bond acceptors (Lipinski definition) is 8. The number of phenols is 2. The third kappa shape index (κ3) is 7.05. The third-order valence-corrected chi connectivity index (χ3v) is 13.0. The molecule has 5 saturated heterocycles. The molecule has 0 aliphatic carbocycles. The summed E-state index contributed by atoms with van der Waals surface area (Å²) in [5, 5.41) is 22.4. The first-order chi connectivity index (χ1) is 27.2. The molecule has 2 bridgehead atoms. The summed E-state index contributed by atoms with van der Waals surface area (Å²) in [4.78, 5) is 33.6. The Balaban J connectivity index is 0.813. The molecule has 2 amide bonds. The molecule has 3 unspecified atom stereocenters. The number of hydrogen-bond donors (Lipinski definition) is 3. The molecule has 0 radical (unpaired) electrons. The normalized spacial score (nSPS) is 23.4. The molecule has 6 aliphatic heterocycles. The van der Waals surface area contributed by atoms with E-state index in [1.165, 1.54) is 17.7 Å². The minimum absolute atomic E-state index is 0.183. The molecule has 0 spiro atoms. The fraction of sp³-hybridized carbons (Fsp3) is 0.391. The zero-order valence-electron chi connectivity index (χ0n) is 32.0. The van der Waals surface area contributed by atoms with Crippen LogP contribution in [0.2, 0.25) is 0 Å². The average Bonchev–Trinajstić information content (AvgIpc) is 3.62. The van der Waals surface area contributed by atoms with Crippen LogP contribution in [0, 0.1) is 11.7 Å². The zero-order chi connectivity index (χ0) is 38.5. The number of imide groups is 1. The fourth-order valence-corrected chi connectivity index (χ4v) is 9.95. The highest BCUT2D eigenvalue weighted by atomic mass is 19.1. The number of carbonyl (C=O) groups is 2. The molecule has 56 heavy (non-hydrogen) atoms. The zero-order valence-corrected chi connectivity index (χ0v) is 32.0. The maximum Gasteiger partial charge on any atom is 0.243 e. The largest absolute Gasteiger partial charge is 0.508 e. The van der Waals surface area contributed by atoms with E-state index in [1.54, 1.807) is 30.3 Å². The lowest BCUT2D eigenvalue weighted by atomic mass is 9.84. The van der Waals surface area contributed by atoms with E-state index in [-0.39, 0.29) is 35.2 Å². The molecule has 9 nitrogen and oxygen atoms in total. The Kier molecular flexibility index (Phi) is 9.79. The number of halogens is 1. The molecular formula is C46H50FN5O4. The number of aromatic hydroxyl groups is 2. The molecule has 290 valence electrons. The Hall–Kier alpha value is -5.19. The summed E-state index contributed by atoms with van der Waals surface area (Å²) in [5.74, 6) is 0.480. The second kappa shape index (κ2) is 15.0. The lowest BCUT2D eigenvalue weighted by molar-refractivity contribution is -0.137. The van der Waals surface area contributed by atoms with Crippen LogP contribution >= 0.6 is 0 Å². The summed E-state index contributed by atoms with van der Waals surface area (Å²) in [7, 11) is 0. The van der Waals surface area contributed by atoms with Gasteiger partial charge in [0, 0.05) is 70.0 Å². The predicted octanol–water partition coefficient (Wildman–Crippen LogP) is 6.91. The molecule has 3 atom stereocenters. The highest BCUT2D eigenvalue weighted by Gasteiger charge is 2.46. The molecule has 3 N–H and O–H groups in total. The van der Waals surface area contributed by atoms with Crippen LogP contribution in [0.25, 0.3) is 11.1 Å². The van der Waals surface area contributed by atoms with Crippen LogP contribution < -0.4 is 15.1 Å². The van der Waals surface area contributed by atoms with Crippen molar-refractivity contribution >= 4 is 34.3 Å². The quantitative estimate of drug-likeness (QED) is 0.125. The van der Waals surface area contributed by atoms with Crippen LogP contribution in [0.5, 0.6) is 11.5 Å². The van der Waals surface area contributed by atoms with E-state index < -0.39 is 0 Å². The number of carbonyl (C=O) groups excluding carboxylic acids is 2. The Bertz CT molecular complexity index is 2130. The van der Waals surface area contributed by atoms with Crippen molar-refractivity contribution in [3.05, 3.63) is 119 Å². The first-order valence-electron chi connectivity index (χ1n) is 20.3. The van der Waals surface area contributed by atoms with Gasteiger partial charge < -0.3 is 20.0 Å². The number of nitrogens with zero attached hydrogens (tertiary/aromatic N) is 4. The van der Waals surface area contributed by atoms with Gasteiger partial charge >= 0.3 is 0 Å². The van der Waals surface area contributed by atoms with Crippen molar-refractivity contribution in [2.75, 3.05) is 42.5 Å². The number of allylic oxidation sites excluding steroid dienone is 1. The van der Waals surface area contributed by atoms with Crippen LogP contribution in [-0.2, 0) is 22.7 Å². The Morgan fingerprint density at radius 3 is 1.96 bits per heavy atom. The Labute approximate surface area is 328 Å². The molecule has 6 heterocycles. The Morgan fingerprint density at radius 1 is 0.768 bits per heavy atom. The number of anilines is 2. The fourth-order valence-electron chi connectivity index (χ4n) is 9.95. The number of fused-ring (bicyclic) bond motifs is 3. The number of benzene rings is 4. The summed E-state index contributed by atoms with van der Waals surface area (Å²) >= 11 is 0. The van der Waals surface area contributed by atoms with E-state index in [1.807, 2.05) is 30.3 Å². The van der Waals surface area contributed by atoms with Crippen molar-refractivity contribution in [3.8, 4) is 11.5 Å². The number of nitrogens with one attached hydrogen (secondary N) is 1. The van der Waals surface area contributed by atoms with E-state index in [2.05, 4.69) is 56.1 Å². The molecule has 10 rings (SSSR count). The van der Waals surface area contributed by atoms with Crippen LogP contribution in [0.15, 0.2) is 84.9 Å². The van der Waals surface area contributed by atoms with Gasteiger partial charge in [0.2, 0.25) is 11.8 Å². The highest BCUT2D eigenvalue weighted by Crippen LogP contribution is 2.40. The maximum absolute atomic E-state index is 15.6. The van der Waals surface area contributed by atoms with Crippen molar-refractivity contribution in [3.63, 3.8) is 0 Å². The number of rotatable bonds is 9. The summed E-state index contributed by atoms with van der Waals surface area (Å²) in [6, 6.07) is 27.9. The smallest absolute Gasteiger partial charge is 0.243 e. The SMILES string of the molecule is CCC(=C(c1ccc(O)cc1)c1ccc(N2CCC(CN3C4CC3CN(c3cc5c(cc3F)CN(C3CCC(=O)NC3=O)C5)C4)CC2)cc1)c1ccc(O)cc1. The molecular weight excluding hydrogens is 706 g/mol. The van der Waals surface area contributed by atoms with Gasteiger partial charge in [-0.25, -0.2) is 4.39 Å². The first-order valence-corrected chi connectivity index (χ1v) is 20.3. The molecule has 4 aromatic rings. The van der Waals surface area contributed by atoms with Gasteiger partial charge in [-0.1, -0.05) is 43.3 Å². The van der Waals surface area contributed by atoms with Gasteiger partial charge in [-0.2, -0.15) is 0 Å². The van der Waals surface area contributed by atoms with Gasteiger partial charge in [0.25, 0.3) is 0 Å². The van der Waals surface area contributed by atoms with Crippen molar-refractivity contribution in [2.45, 2.75) is 76.7 Å². The molecule has 0 saturated carbocycles. The summed E-state index contributed by atoms with van der Waals surface area (Å²) < 4.78 is 15.6. The number of piperidine rings is 3. The number of phenolic OH excluding ortho intramolecular Hbond substituents is 2. The Morgan fingerprint density at radius 2 is 1.36 bits per heavy atom. The molecule has 5 fully saturated rings. The highest BCUT2D eigenvalue weighted by molar-refractivity contribution is 6.00. The predicted molar refractivity (Wildman–Crippen MR) is 217 cm³/mol. The van der Waals surface area contributed by atoms with Gasteiger partial charge in [-0.3, -0.25) is 24.7 Å². The first kappa shape index (κ1) is 36.4. The van der Waals surface area contributed by atoms with Gasteiger partial charge in [0.1, 0.15) is 17.3 Å². The second-order valence-corrected chi connectivity index (χ2v) is 16.4. The molecule has 4 aromatic carbocycles. The molecule has 6 aliphatic rings. The molecule has 10 heteroatoms. The summed E-state index contributed by atoms with van der Waals surface area (Å²) in [5.41, 5.74) is 9.45. The number of amides is 2. The summed E-state index contributed by atoms with van der Waals surface area (Å²) in [6.45, 7) is 8.09. The van der Waals surface area contributed by atoms with Crippen LogP contribution in [0.1, 0.15) is 73.3 Å². The van der Waals surface area contributed by atoms with Gasteiger partial charge in [0.15, 0.2) is 0 Å². The minimum atomic E-state index is -0.347. The lowest BCUT2D eigenvalue weighted by Gasteiger charge is -2.58. The van der Waals surface area contributed by atoms with Crippen molar-refractivity contribution in [2.24, 2.45) is 5.92 Å². The van der Waals surface area contributed by atoms with E-state index in [0.29, 0.717) is 49.6 Å². The van der Waals surface area contributed by atoms with Crippen molar-refractivity contribution < 1.29 is 24.2 Å². The summed E-state index contributed by atoms with van der Waals surface area (Å²) in [6.07, 6.45) is 5.12. The second-order valence-electron chi connectivity index (χ2n) is 16.4. The van der Waals surface area contributed by atoms with Gasteiger partial charge in [0.05, 0.1) is 11.7 Å². The third-order valence-electron chi connectivity index (χ3n) is 13.0. The van der Waals surface area contributed by atoms with E-state index >= 15 is 4.39 Å². The number of piperazine rings is 1. The van der Waals surface area contributed by atoms with Crippen LogP contribution in [-0.4, -0.2) is 82.7 Å². The topological polar surface area (TPSA) is 99.6 Å². The van der Waals surface area contributed by atoms with E-state index in [9.17, 15) is 19.8 Å².